The van der Waals surface area contributed by atoms with Crippen molar-refractivity contribution in [2.45, 2.75) is 25.9 Å². The van der Waals surface area contributed by atoms with Crippen LogP contribution in [-0.2, 0) is 13.0 Å². The zero-order chi connectivity index (χ0) is 19.8. The quantitative estimate of drug-likeness (QED) is 0.689. The normalized spacial score (nSPS) is 12.1. The fourth-order valence-electron chi connectivity index (χ4n) is 3.22. The zero-order valence-corrected chi connectivity index (χ0v) is 17.3. The largest absolute Gasteiger partial charge is 0.493 e. The third kappa shape index (κ3) is 5.15. The van der Waals surface area contributed by atoms with Gasteiger partial charge >= 0.3 is 0 Å². The average molecular weight is 373 g/mol. The Morgan fingerprint density at radius 1 is 0.889 bits per heavy atom. The number of methoxy groups -OCH3 is 3. The summed E-state index contributed by atoms with van der Waals surface area (Å²) >= 11 is 0. The van der Waals surface area contributed by atoms with Gasteiger partial charge in [0.15, 0.2) is 11.5 Å². The highest BCUT2D eigenvalue weighted by Crippen LogP contribution is 2.39. The van der Waals surface area contributed by atoms with Gasteiger partial charge in [-0.25, -0.2) is 0 Å². The first kappa shape index (κ1) is 21.1. The second kappa shape index (κ2) is 10.2. The van der Waals surface area contributed by atoms with Crippen molar-refractivity contribution in [2.24, 2.45) is 0 Å². The van der Waals surface area contributed by atoms with E-state index in [2.05, 4.69) is 55.5 Å². The topological polar surface area (TPSA) is 43.0 Å². The van der Waals surface area contributed by atoms with Crippen LogP contribution in [0.3, 0.4) is 0 Å². The van der Waals surface area contributed by atoms with Crippen molar-refractivity contribution in [1.29, 1.82) is 0 Å². The molecule has 2 aromatic carbocycles. The molecule has 0 saturated carbocycles. The highest BCUT2D eigenvalue weighted by Gasteiger charge is 2.17. The smallest absolute Gasteiger partial charge is 0.203 e. The lowest BCUT2D eigenvalue weighted by Crippen LogP contribution is -2.31. The van der Waals surface area contributed by atoms with E-state index < -0.39 is 0 Å². The summed E-state index contributed by atoms with van der Waals surface area (Å²) in [5.41, 5.74) is 3.71. The molecule has 2 aromatic rings. The van der Waals surface area contributed by atoms with Crippen LogP contribution >= 0.6 is 0 Å². The molecule has 1 atom stereocenters. The number of hydrogen-bond acceptors (Lipinski definition) is 5. The minimum atomic E-state index is 0.294. The van der Waals surface area contributed by atoms with Gasteiger partial charge in [0.2, 0.25) is 5.75 Å². The first-order chi connectivity index (χ1) is 13.0. The summed E-state index contributed by atoms with van der Waals surface area (Å²) in [4.78, 5) is 2.24. The van der Waals surface area contributed by atoms with Gasteiger partial charge in [0.25, 0.3) is 0 Å². The Morgan fingerprint density at radius 2 is 1.56 bits per heavy atom. The summed E-state index contributed by atoms with van der Waals surface area (Å²) in [5, 5.41) is 3.56. The van der Waals surface area contributed by atoms with E-state index in [-0.39, 0.29) is 0 Å². The molecule has 0 bridgehead atoms. The molecule has 0 unspecified atom stereocenters. The van der Waals surface area contributed by atoms with E-state index >= 15 is 0 Å². The van der Waals surface area contributed by atoms with Crippen LogP contribution in [0, 0.1) is 0 Å². The second-order valence-corrected chi connectivity index (χ2v) is 6.70. The minimum absolute atomic E-state index is 0.294. The van der Waals surface area contributed by atoms with Crippen LogP contribution < -0.4 is 19.5 Å². The summed E-state index contributed by atoms with van der Waals surface area (Å²) in [5.74, 6) is 2.00. The number of likely N-dealkylation sites (N-methyl/N-ethyl adjacent to an activating group) is 1. The van der Waals surface area contributed by atoms with E-state index in [4.69, 9.17) is 14.2 Å². The molecule has 0 fully saturated rings. The molecule has 0 spiro atoms. The molecule has 0 radical (unpaired) electrons. The average Bonchev–Trinajstić information content (AvgIpc) is 2.70. The van der Waals surface area contributed by atoms with E-state index in [0.29, 0.717) is 29.8 Å². The second-order valence-electron chi connectivity index (χ2n) is 6.70. The van der Waals surface area contributed by atoms with E-state index in [1.165, 1.54) is 11.1 Å². The van der Waals surface area contributed by atoms with Gasteiger partial charge in [-0.05, 0) is 37.7 Å². The van der Waals surface area contributed by atoms with Gasteiger partial charge in [0, 0.05) is 24.7 Å². The van der Waals surface area contributed by atoms with Gasteiger partial charge in [-0.3, -0.25) is 0 Å². The summed E-state index contributed by atoms with van der Waals surface area (Å²) in [7, 11) is 9.12. The van der Waals surface area contributed by atoms with Crippen molar-refractivity contribution in [1.82, 2.24) is 10.2 Å². The van der Waals surface area contributed by atoms with Crippen molar-refractivity contribution in [2.75, 3.05) is 42.0 Å². The van der Waals surface area contributed by atoms with E-state index in [1.54, 1.807) is 21.3 Å². The molecule has 0 aliphatic carbocycles. The van der Waals surface area contributed by atoms with Gasteiger partial charge < -0.3 is 24.4 Å². The summed E-state index contributed by atoms with van der Waals surface area (Å²) in [6.07, 6.45) is 1.06. The molecule has 0 aliphatic heterocycles. The van der Waals surface area contributed by atoms with Gasteiger partial charge in [-0.2, -0.15) is 0 Å². The number of aryl methyl sites for hydroxylation is 1. The zero-order valence-electron chi connectivity index (χ0n) is 17.3. The van der Waals surface area contributed by atoms with Crippen LogP contribution in [0.25, 0.3) is 0 Å². The molecular formula is C22H32N2O3. The lowest BCUT2D eigenvalue weighted by Gasteiger charge is -2.26. The molecule has 1 N–H and O–H groups in total. The molecule has 0 saturated heterocycles. The third-order valence-corrected chi connectivity index (χ3v) is 4.83. The fraction of sp³-hybridized carbons (Fsp3) is 0.455. The van der Waals surface area contributed by atoms with Crippen LogP contribution in [0.2, 0.25) is 0 Å². The van der Waals surface area contributed by atoms with Gasteiger partial charge in [-0.15, -0.1) is 0 Å². The Balaban J connectivity index is 2.10. The van der Waals surface area contributed by atoms with Crippen LogP contribution in [0.1, 0.15) is 29.7 Å². The molecular weight excluding hydrogens is 340 g/mol. The van der Waals surface area contributed by atoms with Crippen molar-refractivity contribution < 1.29 is 14.2 Å². The number of nitrogens with one attached hydrogen (secondary N) is 1. The number of nitrogens with zero attached hydrogens (tertiary/aromatic N) is 1. The van der Waals surface area contributed by atoms with Crippen molar-refractivity contribution in [3.05, 3.63) is 53.1 Å². The van der Waals surface area contributed by atoms with Crippen LogP contribution in [-0.4, -0.2) is 46.9 Å². The van der Waals surface area contributed by atoms with Crippen molar-refractivity contribution in [3.8, 4) is 17.2 Å². The molecule has 0 aliphatic rings. The predicted octanol–water partition coefficient (Wildman–Crippen LogP) is 3.67. The lowest BCUT2D eigenvalue weighted by atomic mass is 10.0. The maximum atomic E-state index is 5.57. The molecule has 148 valence electrons. The molecule has 2 rings (SSSR count). The van der Waals surface area contributed by atoms with E-state index in [0.717, 1.165) is 18.5 Å². The summed E-state index contributed by atoms with van der Waals surface area (Å²) in [6, 6.07) is 13.1. The Kier molecular flexibility index (Phi) is 7.95. The molecule has 5 heteroatoms. The van der Waals surface area contributed by atoms with Crippen LogP contribution in [0.5, 0.6) is 17.2 Å². The molecule has 0 aromatic heterocycles. The number of benzene rings is 2. The lowest BCUT2D eigenvalue weighted by molar-refractivity contribution is 0.287. The summed E-state index contributed by atoms with van der Waals surface area (Å²) < 4.78 is 16.4. The first-order valence-electron chi connectivity index (χ1n) is 9.29. The van der Waals surface area contributed by atoms with Crippen LogP contribution in [0.4, 0.5) is 0 Å². The Bertz CT molecular complexity index is 714. The number of hydrogen-bond donors (Lipinski definition) is 1. The maximum Gasteiger partial charge on any atom is 0.203 e. The highest BCUT2D eigenvalue weighted by molar-refractivity contribution is 5.55. The third-order valence-electron chi connectivity index (χ3n) is 4.83. The van der Waals surface area contributed by atoms with Crippen molar-refractivity contribution >= 4 is 0 Å². The maximum absolute atomic E-state index is 5.57. The van der Waals surface area contributed by atoms with Gasteiger partial charge in [0.1, 0.15) is 0 Å². The Morgan fingerprint density at radius 3 is 2.07 bits per heavy atom. The minimum Gasteiger partial charge on any atom is -0.493 e. The monoisotopic (exact) mass is 372 g/mol. The number of ether oxygens (including phenoxy) is 3. The summed E-state index contributed by atoms with van der Waals surface area (Å²) in [6.45, 7) is 3.69. The van der Waals surface area contributed by atoms with Crippen molar-refractivity contribution in [3.63, 3.8) is 0 Å². The van der Waals surface area contributed by atoms with Gasteiger partial charge in [-0.1, -0.05) is 37.3 Å². The highest BCUT2D eigenvalue weighted by atomic mass is 16.5. The SMILES string of the molecule is CCc1ccc([C@@H](CNCc2ccc(OC)c(OC)c2OC)N(C)C)cc1. The van der Waals surface area contributed by atoms with Gasteiger partial charge in [0.05, 0.1) is 21.3 Å². The van der Waals surface area contributed by atoms with E-state index in [9.17, 15) is 0 Å². The fourth-order valence-corrected chi connectivity index (χ4v) is 3.22. The molecule has 0 amide bonds. The molecule has 0 heterocycles. The van der Waals surface area contributed by atoms with E-state index in [1.807, 2.05) is 12.1 Å². The molecule has 27 heavy (non-hydrogen) atoms. The standard InChI is InChI=1S/C22H32N2O3/c1-7-16-8-10-17(11-9-16)19(24(2)3)15-23-14-18-12-13-20(25-4)22(27-6)21(18)26-5/h8-13,19,23H,7,14-15H2,1-6H3/t19-/m1/s1. The van der Waals surface area contributed by atoms with Crippen LogP contribution in [0.15, 0.2) is 36.4 Å². The number of rotatable bonds is 10. The first-order valence-corrected chi connectivity index (χ1v) is 9.29. The molecule has 5 nitrogen and oxygen atoms in total. The Hall–Kier alpha value is -2.24. The Labute approximate surface area is 163 Å². The predicted molar refractivity (Wildman–Crippen MR) is 110 cm³/mol.